The molecule has 0 bridgehead atoms. The Morgan fingerprint density at radius 2 is 0.900 bits per heavy atom. The molecule has 0 amide bonds. The van der Waals surface area contributed by atoms with Crippen LogP contribution in [0.15, 0.2) is 174 Å². The minimum Gasteiger partial charge on any atom is -0.455 e. The van der Waals surface area contributed by atoms with Gasteiger partial charge in [0.15, 0.2) is 17.5 Å². The molecule has 0 unspecified atom stereocenters. The van der Waals surface area contributed by atoms with Gasteiger partial charge in [-0.25, -0.2) is 15.0 Å². The minimum absolute atomic E-state index is 0.0203. The standard InChI is InChI=1S/C46H31N3O/c1-30-18-20-32(21-19-30)34-24-28-37(29-25-34)45-47-44(36-12-6-3-7-13-36)48-46(49-45)41-17-9-16-40-39-15-8-14-38(42(39)50-43(40)41)35-26-22-33(23-27-35)31-10-4-2-5-11-31/h2-29H,1H3/i3D,6D,7D,8D,9D,12D,13D,14D,15D,16D,17D,18D,19D,20D,21D,24D,25D,28D,29D. The fraction of sp³-hybridized carbons (Fsp3) is 0.0217. The molecule has 2 heterocycles. The van der Waals surface area contributed by atoms with Crippen molar-refractivity contribution in [1.82, 2.24) is 15.0 Å². The molecule has 0 aliphatic heterocycles. The van der Waals surface area contributed by atoms with E-state index in [4.69, 9.17) is 26.3 Å². The van der Waals surface area contributed by atoms with Gasteiger partial charge in [-0.3, -0.25) is 0 Å². The third kappa shape index (κ3) is 5.43. The lowest BCUT2D eigenvalue weighted by Crippen LogP contribution is -2.00. The monoisotopic (exact) mass is 660 g/mol. The summed E-state index contributed by atoms with van der Waals surface area (Å²) in [6, 6.07) is 3.04. The van der Waals surface area contributed by atoms with Crippen molar-refractivity contribution in [3.05, 3.63) is 175 Å². The molecule has 50 heavy (non-hydrogen) atoms. The van der Waals surface area contributed by atoms with E-state index in [2.05, 4.69) is 15.0 Å². The second-order valence-electron chi connectivity index (χ2n) is 11.0. The lowest BCUT2D eigenvalue weighted by atomic mass is 9.99. The van der Waals surface area contributed by atoms with Crippen LogP contribution in [-0.4, -0.2) is 15.0 Å². The Labute approximate surface area is 317 Å². The molecule has 0 aliphatic rings. The summed E-state index contributed by atoms with van der Waals surface area (Å²) in [5.74, 6) is -2.07. The second-order valence-corrected chi connectivity index (χ2v) is 11.0. The molecule has 2 aromatic heterocycles. The third-order valence-electron chi connectivity index (χ3n) is 7.82. The van der Waals surface area contributed by atoms with Gasteiger partial charge in [-0.05, 0) is 40.8 Å². The summed E-state index contributed by atoms with van der Waals surface area (Å²) in [6.07, 6.45) is 0. The number of aromatic nitrogens is 3. The predicted molar refractivity (Wildman–Crippen MR) is 204 cm³/mol. The van der Waals surface area contributed by atoms with Crippen LogP contribution in [0.4, 0.5) is 0 Å². The summed E-state index contributed by atoms with van der Waals surface area (Å²) < 4.78 is 174. The van der Waals surface area contributed by atoms with Crippen molar-refractivity contribution in [3.63, 3.8) is 0 Å². The van der Waals surface area contributed by atoms with Crippen LogP contribution in [-0.2, 0) is 0 Å². The Morgan fingerprint density at radius 1 is 0.400 bits per heavy atom. The highest BCUT2D eigenvalue weighted by molar-refractivity contribution is 6.12. The van der Waals surface area contributed by atoms with Crippen molar-refractivity contribution in [1.29, 1.82) is 0 Å². The smallest absolute Gasteiger partial charge is 0.167 e. The summed E-state index contributed by atoms with van der Waals surface area (Å²) >= 11 is 0. The molecule has 0 atom stereocenters. The van der Waals surface area contributed by atoms with E-state index in [1.165, 1.54) is 6.92 Å². The predicted octanol–water partition coefficient (Wildman–Crippen LogP) is 12.1. The molecule has 9 rings (SSSR count). The van der Waals surface area contributed by atoms with Crippen LogP contribution in [0, 0.1) is 6.92 Å². The van der Waals surface area contributed by atoms with E-state index in [9.17, 15) is 4.11 Å². The number of benzene rings is 7. The lowest BCUT2D eigenvalue weighted by Gasteiger charge is -2.09. The molecule has 0 fully saturated rings. The first kappa shape index (κ1) is 15.7. The van der Waals surface area contributed by atoms with Crippen molar-refractivity contribution >= 4 is 21.9 Å². The Kier molecular flexibility index (Phi) is 3.90. The molecule has 0 radical (unpaired) electrons. The Balaban J connectivity index is 1.38. The van der Waals surface area contributed by atoms with E-state index in [0.717, 1.165) is 11.1 Å². The topological polar surface area (TPSA) is 51.8 Å². The number of hydrogen-bond donors (Lipinski definition) is 0. The van der Waals surface area contributed by atoms with Gasteiger partial charge in [0.25, 0.3) is 0 Å². The number of para-hydroxylation sites is 2. The van der Waals surface area contributed by atoms with Crippen LogP contribution in [0.2, 0.25) is 0 Å². The maximum absolute atomic E-state index is 9.24. The zero-order valence-corrected chi connectivity index (χ0v) is 25.9. The molecule has 0 aliphatic carbocycles. The number of rotatable bonds is 6. The quantitative estimate of drug-likeness (QED) is 0.178. The Bertz CT molecular complexity index is 3640. The zero-order chi connectivity index (χ0) is 50.0. The van der Waals surface area contributed by atoms with Crippen molar-refractivity contribution < 1.29 is 30.5 Å². The lowest BCUT2D eigenvalue weighted by molar-refractivity contribution is 0.670. The van der Waals surface area contributed by atoms with Gasteiger partial charge in [0.1, 0.15) is 11.2 Å². The molecular weight excluding hydrogens is 611 g/mol. The second kappa shape index (κ2) is 12.4. The van der Waals surface area contributed by atoms with Crippen molar-refractivity contribution in [3.8, 4) is 67.5 Å². The van der Waals surface area contributed by atoms with Gasteiger partial charge >= 0.3 is 0 Å². The molecule has 0 N–H and O–H groups in total. The van der Waals surface area contributed by atoms with Crippen LogP contribution >= 0.6 is 0 Å². The van der Waals surface area contributed by atoms with Gasteiger partial charge in [-0.1, -0.05) is 169 Å². The fourth-order valence-corrected chi connectivity index (χ4v) is 5.39. The van der Waals surface area contributed by atoms with E-state index >= 15 is 0 Å². The van der Waals surface area contributed by atoms with Crippen molar-refractivity contribution in [2.75, 3.05) is 0 Å². The summed E-state index contributed by atoms with van der Waals surface area (Å²) in [5.41, 5.74) is -1.38. The van der Waals surface area contributed by atoms with E-state index in [1.54, 1.807) is 24.3 Å². The summed E-state index contributed by atoms with van der Waals surface area (Å²) in [4.78, 5) is 13.2. The normalized spacial score (nSPS) is 16.6. The molecule has 4 nitrogen and oxygen atoms in total. The van der Waals surface area contributed by atoms with E-state index < -0.39 is 166 Å². The average Bonchev–Trinajstić information content (AvgIpc) is 3.73. The average molecular weight is 661 g/mol. The molecular formula is C46H31N3O. The first-order valence-corrected chi connectivity index (χ1v) is 15.2. The zero-order valence-electron chi connectivity index (χ0n) is 44.9. The minimum atomic E-state index is -0.872. The first-order chi connectivity index (χ1) is 32.6. The number of nitrogens with zero attached hydrogens (tertiary/aromatic N) is 3. The van der Waals surface area contributed by atoms with Gasteiger partial charge in [0, 0.05) is 27.5 Å². The maximum Gasteiger partial charge on any atom is 0.167 e. The van der Waals surface area contributed by atoms with Crippen molar-refractivity contribution in [2.45, 2.75) is 6.92 Å². The molecule has 0 saturated heterocycles. The third-order valence-corrected chi connectivity index (χ3v) is 7.82. The number of hydrogen-bond acceptors (Lipinski definition) is 4. The number of fused-ring (bicyclic) bond motifs is 3. The maximum atomic E-state index is 9.24. The summed E-state index contributed by atoms with van der Waals surface area (Å²) in [7, 11) is 0. The van der Waals surface area contributed by atoms with Crippen LogP contribution in [0.25, 0.3) is 89.5 Å². The summed E-state index contributed by atoms with van der Waals surface area (Å²) in [6.45, 7) is 1.35. The van der Waals surface area contributed by atoms with E-state index in [-0.39, 0.29) is 27.5 Å². The highest BCUT2D eigenvalue weighted by atomic mass is 16.3. The first-order valence-electron chi connectivity index (χ1n) is 24.7. The van der Waals surface area contributed by atoms with Crippen LogP contribution in [0.3, 0.4) is 0 Å². The Morgan fingerprint density at radius 3 is 1.56 bits per heavy atom. The fourth-order valence-electron chi connectivity index (χ4n) is 5.39. The molecule has 9 aromatic rings. The summed E-state index contributed by atoms with van der Waals surface area (Å²) in [5, 5.41) is -0.437. The van der Waals surface area contributed by atoms with Crippen molar-refractivity contribution in [2.24, 2.45) is 0 Å². The van der Waals surface area contributed by atoms with Gasteiger partial charge in [-0.2, -0.15) is 0 Å². The van der Waals surface area contributed by atoms with Crippen LogP contribution < -0.4 is 0 Å². The van der Waals surface area contributed by atoms with Gasteiger partial charge in [0.05, 0.1) is 31.6 Å². The highest BCUT2D eigenvalue weighted by Crippen LogP contribution is 2.40. The molecule has 0 spiro atoms. The molecule has 236 valence electrons. The van der Waals surface area contributed by atoms with Gasteiger partial charge in [0.2, 0.25) is 0 Å². The van der Waals surface area contributed by atoms with E-state index in [0.29, 0.717) is 5.56 Å². The highest BCUT2D eigenvalue weighted by Gasteiger charge is 2.19. The molecule has 4 heteroatoms. The van der Waals surface area contributed by atoms with Crippen LogP contribution in [0.1, 0.15) is 31.6 Å². The molecule has 0 saturated carbocycles. The SMILES string of the molecule is [2H]c1c([2H])c([2H])c(-c2nc(-c3c([2H])c([2H])c(-c4c([2H])c([2H])c(C)c([2H])c4[2H])c([2H])c3[2H])nc(-c3c([2H])c([2H])c([2H])c4c3oc3c(-c5ccc(-c6ccccc6)cc5)c([2H])c([2H])c([2H])c34)n2)c([2H])c1[2H]. The van der Waals surface area contributed by atoms with Gasteiger partial charge < -0.3 is 4.42 Å². The number of furan rings is 1. The molecule has 7 aromatic carbocycles. The van der Waals surface area contributed by atoms with Gasteiger partial charge in [-0.15, -0.1) is 0 Å². The van der Waals surface area contributed by atoms with E-state index in [1.807, 2.05) is 30.3 Å². The Hall–Kier alpha value is -6.65. The largest absolute Gasteiger partial charge is 0.455 e. The van der Waals surface area contributed by atoms with Crippen LogP contribution in [0.5, 0.6) is 0 Å².